The summed E-state index contributed by atoms with van der Waals surface area (Å²) in [6, 6.07) is 12.4. The SMILES string of the molecule is CCNCCN(CC)c1ccc(CCNC(=O)c2sc3nc(C)ccc3c2N)cc1. The van der Waals surface area contributed by atoms with Crippen LogP contribution in [0.15, 0.2) is 36.4 Å². The molecule has 0 aliphatic carbocycles. The molecule has 7 heteroatoms. The van der Waals surface area contributed by atoms with E-state index in [9.17, 15) is 4.79 Å². The highest BCUT2D eigenvalue weighted by molar-refractivity contribution is 7.21. The van der Waals surface area contributed by atoms with Crippen molar-refractivity contribution in [1.82, 2.24) is 15.6 Å². The van der Waals surface area contributed by atoms with Gasteiger partial charge >= 0.3 is 0 Å². The van der Waals surface area contributed by atoms with E-state index in [2.05, 4.69) is 58.6 Å². The maximum Gasteiger partial charge on any atom is 0.263 e. The first kappa shape index (κ1) is 22.1. The zero-order chi connectivity index (χ0) is 21.5. The van der Waals surface area contributed by atoms with Crippen molar-refractivity contribution in [2.24, 2.45) is 0 Å². The second kappa shape index (κ2) is 10.4. The molecule has 0 radical (unpaired) electrons. The lowest BCUT2D eigenvalue weighted by Gasteiger charge is -2.23. The summed E-state index contributed by atoms with van der Waals surface area (Å²) in [5.41, 5.74) is 10.0. The third-order valence-corrected chi connectivity index (χ3v) is 6.24. The number of thiophene rings is 1. The van der Waals surface area contributed by atoms with Crippen LogP contribution in [0.2, 0.25) is 0 Å². The van der Waals surface area contributed by atoms with Crippen LogP contribution in [0.4, 0.5) is 11.4 Å². The van der Waals surface area contributed by atoms with E-state index < -0.39 is 0 Å². The van der Waals surface area contributed by atoms with E-state index in [4.69, 9.17) is 5.73 Å². The number of anilines is 2. The first-order valence-electron chi connectivity index (χ1n) is 10.5. The number of fused-ring (bicyclic) bond motifs is 1. The molecule has 2 heterocycles. The fourth-order valence-electron chi connectivity index (χ4n) is 3.39. The number of nitrogen functional groups attached to an aromatic ring is 1. The van der Waals surface area contributed by atoms with Crippen molar-refractivity contribution >= 4 is 38.8 Å². The van der Waals surface area contributed by atoms with Gasteiger partial charge in [-0.15, -0.1) is 11.3 Å². The van der Waals surface area contributed by atoms with Crippen LogP contribution in [0.5, 0.6) is 0 Å². The summed E-state index contributed by atoms with van der Waals surface area (Å²) < 4.78 is 0. The number of carbonyl (C=O) groups excluding carboxylic acids is 1. The molecule has 3 aromatic rings. The molecular formula is C23H31N5OS. The Morgan fingerprint density at radius 3 is 2.60 bits per heavy atom. The van der Waals surface area contributed by atoms with Crippen molar-refractivity contribution in [3.63, 3.8) is 0 Å². The van der Waals surface area contributed by atoms with Gasteiger partial charge in [-0.25, -0.2) is 4.98 Å². The molecule has 30 heavy (non-hydrogen) atoms. The molecule has 2 aromatic heterocycles. The lowest BCUT2D eigenvalue weighted by molar-refractivity contribution is 0.0959. The van der Waals surface area contributed by atoms with Gasteiger partial charge in [0.15, 0.2) is 0 Å². The number of hydrogen-bond acceptors (Lipinski definition) is 6. The summed E-state index contributed by atoms with van der Waals surface area (Å²) in [6.45, 7) is 10.7. The molecule has 160 valence electrons. The van der Waals surface area contributed by atoms with E-state index in [1.807, 2.05) is 19.1 Å². The molecule has 4 N–H and O–H groups in total. The van der Waals surface area contributed by atoms with E-state index >= 15 is 0 Å². The monoisotopic (exact) mass is 425 g/mol. The van der Waals surface area contributed by atoms with Crippen LogP contribution in [-0.4, -0.2) is 43.6 Å². The van der Waals surface area contributed by atoms with Crippen LogP contribution in [-0.2, 0) is 6.42 Å². The number of nitrogens with zero attached hydrogens (tertiary/aromatic N) is 2. The standard InChI is InChI=1S/C23H31N5OS/c1-4-25-14-15-28(5-2)18-9-7-17(8-10-18)12-13-26-22(29)21-20(24)19-11-6-16(3)27-23(19)30-21/h6-11,25H,4-5,12-15,24H2,1-3H3,(H,26,29). The molecule has 0 saturated carbocycles. The Morgan fingerprint density at radius 2 is 1.90 bits per heavy atom. The number of nitrogens with two attached hydrogens (primary N) is 1. The van der Waals surface area contributed by atoms with Crippen LogP contribution >= 0.6 is 11.3 Å². The average Bonchev–Trinajstić information content (AvgIpc) is 3.07. The van der Waals surface area contributed by atoms with Crippen molar-refractivity contribution in [1.29, 1.82) is 0 Å². The van der Waals surface area contributed by atoms with Gasteiger partial charge in [-0.05, 0) is 56.6 Å². The Kier molecular flexibility index (Phi) is 7.65. The topological polar surface area (TPSA) is 83.3 Å². The maximum absolute atomic E-state index is 12.6. The molecule has 0 saturated heterocycles. The number of nitrogens with one attached hydrogen (secondary N) is 2. The number of hydrogen-bond donors (Lipinski definition) is 3. The Morgan fingerprint density at radius 1 is 1.13 bits per heavy atom. The molecule has 1 amide bonds. The minimum Gasteiger partial charge on any atom is -0.397 e. The van der Waals surface area contributed by atoms with Crippen molar-refractivity contribution in [3.8, 4) is 0 Å². The molecule has 3 rings (SSSR count). The van der Waals surface area contributed by atoms with Gasteiger partial charge in [0.25, 0.3) is 5.91 Å². The summed E-state index contributed by atoms with van der Waals surface area (Å²) in [5.74, 6) is -0.134. The molecule has 0 unspecified atom stereocenters. The lowest BCUT2D eigenvalue weighted by Crippen LogP contribution is -2.31. The Balaban J connectivity index is 1.55. The summed E-state index contributed by atoms with van der Waals surface area (Å²) >= 11 is 1.35. The van der Waals surface area contributed by atoms with Crippen molar-refractivity contribution in [3.05, 3.63) is 52.5 Å². The zero-order valence-electron chi connectivity index (χ0n) is 18.0. The highest BCUT2D eigenvalue weighted by Crippen LogP contribution is 2.32. The van der Waals surface area contributed by atoms with Gasteiger partial charge in [0, 0.05) is 42.9 Å². The number of likely N-dealkylation sites (N-methyl/N-ethyl adjacent to an activating group) is 2. The van der Waals surface area contributed by atoms with E-state index in [0.717, 1.165) is 48.5 Å². The number of amides is 1. The quantitative estimate of drug-likeness (QED) is 0.432. The Labute approximate surface area is 182 Å². The van der Waals surface area contributed by atoms with Gasteiger partial charge in [-0.3, -0.25) is 4.79 Å². The minimum absolute atomic E-state index is 0.134. The Bertz CT molecular complexity index is 983. The van der Waals surface area contributed by atoms with Crippen LogP contribution in [0.3, 0.4) is 0 Å². The third-order valence-electron chi connectivity index (χ3n) is 5.13. The third kappa shape index (κ3) is 5.29. The van der Waals surface area contributed by atoms with Crippen molar-refractivity contribution in [2.45, 2.75) is 27.2 Å². The van der Waals surface area contributed by atoms with E-state index in [1.54, 1.807) is 0 Å². The second-order valence-electron chi connectivity index (χ2n) is 7.26. The molecule has 0 aliphatic rings. The number of aromatic nitrogens is 1. The van der Waals surface area contributed by atoms with Crippen LogP contribution in [0.1, 0.15) is 34.8 Å². The van der Waals surface area contributed by atoms with Gasteiger partial charge in [-0.2, -0.15) is 0 Å². The average molecular weight is 426 g/mol. The zero-order valence-corrected chi connectivity index (χ0v) is 18.8. The lowest BCUT2D eigenvalue weighted by atomic mass is 10.1. The first-order chi connectivity index (χ1) is 14.5. The first-order valence-corrected chi connectivity index (χ1v) is 11.3. The molecule has 6 nitrogen and oxygen atoms in total. The number of rotatable bonds is 10. The van der Waals surface area contributed by atoms with Gasteiger partial charge in [0.05, 0.1) is 5.69 Å². The fourth-order valence-corrected chi connectivity index (χ4v) is 4.45. The highest BCUT2D eigenvalue weighted by Gasteiger charge is 2.17. The molecule has 1 aromatic carbocycles. The van der Waals surface area contributed by atoms with E-state index in [1.165, 1.54) is 22.6 Å². The summed E-state index contributed by atoms with van der Waals surface area (Å²) in [6.07, 6.45) is 0.775. The maximum atomic E-state index is 12.6. The molecule has 0 aliphatic heterocycles. The van der Waals surface area contributed by atoms with Gasteiger partial charge < -0.3 is 21.3 Å². The summed E-state index contributed by atoms with van der Waals surface area (Å²) in [5, 5.41) is 7.21. The predicted molar refractivity (Wildman–Crippen MR) is 128 cm³/mol. The number of carbonyl (C=O) groups is 1. The fraction of sp³-hybridized carbons (Fsp3) is 0.391. The molecule has 0 bridgehead atoms. The van der Waals surface area contributed by atoms with Crippen LogP contribution in [0, 0.1) is 6.92 Å². The summed E-state index contributed by atoms with van der Waals surface area (Å²) in [7, 11) is 0. The minimum atomic E-state index is -0.134. The Hall–Kier alpha value is -2.64. The molecular weight excluding hydrogens is 394 g/mol. The summed E-state index contributed by atoms with van der Waals surface area (Å²) in [4.78, 5) is 20.8. The van der Waals surface area contributed by atoms with Gasteiger partial charge in [0.1, 0.15) is 9.71 Å². The molecule has 0 spiro atoms. The molecule has 0 atom stereocenters. The van der Waals surface area contributed by atoms with E-state index in [-0.39, 0.29) is 5.91 Å². The highest BCUT2D eigenvalue weighted by atomic mass is 32.1. The second-order valence-corrected chi connectivity index (χ2v) is 8.25. The van der Waals surface area contributed by atoms with Crippen LogP contribution in [0.25, 0.3) is 10.2 Å². The normalized spacial score (nSPS) is 11.0. The number of pyridine rings is 1. The smallest absolute Gasteiger partial charge is 0.263 e. The largest absolute Gasteiger partial charge is 0.397 e. The molecule has 0 fully saturated rings. The number of aryl methyl sites for hydroxylation is 1. The van der Waals surface area contributed by atoms with Gasteiger partial charge in [0.2, 0.25) is 0 Å². The van der Waals surface area contributed by atoms with Gasteiger partial charge in [-0.1, -0.05) is 19.1 Å². The van der Waals surface area contributed by atoms with Crippen LogP contribution < -0.4 is 21.3 Å². The van der Waals surface area contributed by atoms with Crippen molar-refractivity contribution in [2.75, 3.05) is 43.4 Å². The number of benzene rings is 1. The van der Waals surface area contributed by atoms with E-state index in [0.29, 0.717) is 17.1 Å². The predicted octanol–water partition coefficient (Wildman–Crippen LogP) is 3.60. The van der Waals surface area contributed by atoms with Crippen molar-refractivity contribution < 1.29 is 4.79 Å².